The molecule has 27 heavy (non-hydrogen) atoms. The van der Waals surface area contributed by atoms with Gasteiger partial charge in [0.2, 0.25) is 5.91 Å². The van der Waals surface area contributed by atoms with E-state index in [1.807, 2.05) is 28.9 Å². The molecule has 0 aliphatic rings. The number of carbonyl (C=O) groups is 2. The van der Waals surface area contributed by atoms with Gasteiger partial charge in [-0.15, -0.1) is 0 Å². The van der Waals surface area contributed by atoms with Crippen LogP contribution in [0.5, 0.6) is 0 Å². The van der Waals surface area contributed by atoms with Crippen molar-refractivity contribution >= 4 is 23.1 Å². The first kappa shape index (κ1) is 18.6. The summed E-state index contributed by atoms with van der Waals surface area (Å²) in [6, 6.07) is 10.8. The van der Waals surface area contributed by atoms with Crippen molar-refractivity contribution in [3.63, 3.8) is 0 Å². The standard InChI is InChI=1S/C21H24N4O2/c1-15(2)3-8-20(26)24-18-6-4-17(5-7-18)21(27)23-14-16-9-11-25-12-10-22-19(25)13-16/h4-7,9-13,15H,3,8,14H2,1-2H3,(H,23,27)(H,24,26). The summed E-state index contributed by atoms with van der Waals surface area (Å²) in [5, 5.41) is 5.76. The molecular formula is C21H24N4O2. The van der Waals surface area contributed by atoms with Gasteiger partial charge >= 0.3 is 0 Å². The lowest BCUT2D eigenvalue weighted by molar-refractivity contribution is -0.116. The Balaban J connectivity index is 1.53. The van der Waals surface area contributed by atoms with E-state index in [0.717, 1.165) is 17.6 Å². The molecule has 0 fully saturated rings. The monoisotopic (exact) mass is 364 g/mol. The van der Waals surface area contributed by atoms with Gasteiger partial charge in [-0.1, -0.05) is 13.8 Å². The van der Waals surface area contributed by atoms with E-state index in [0.29, 0.717) is 30.1 Å². The zero-order valence-corrected chi connectivity index (χ0v) is 15.6. The molecule has 0 saturated heterocycles. The largest absolute Gasteiger partial charge is 0.348 e. The highest BCUT2D eigenvalue weighted by Crippen LogP contribution is 2.12. The first-order chi connectivity index (χ1) is 13.0. The molecule has 3 aromatic rings. The van der Waals surface area contributed by atoms with E-state index < -0.39 is 0 Å². The normalized spacial score (nSPS) is 10.9. The molecule has 0 radical (unpaired) electrons. The van der Waals surface area contributed by atoms with Crippen LogP contribution in [0.15, 0.2) is 55.0 Å². The second kappa shape index (κ2) is 8.49. The van der Waals surface area contributed by atoms with Gasteiger partial charge in [0.1, 0.15) is 5.65 Å². The van der Waals surface area contributed by atoms with E-state index in [9.17, 15) is 9.59 Å². The number of amides is 2. The predicted molar refractivity (Wildman–Crippen MR) is 106 cm³/mol. The van der Waals surface area contributed by atoms with Crippen LogP contribution >= 0.6 is 0 Å². The molecule has 2 aromatic heterocycles. The van der Waals surface area contributed by atoms with E-state index in [4.69, 9.17) is 0 Å². The average Bonchev–Trinajstić information content (AvgIpc) is 3.13. The fraction of sp³-hybridized carbons (Fsp3) is 0.286. The molecule has 6 nitrogen and oxygen atoms in total. The van der Waals surface area contributed by atoms with E-state index in [1.165, 1.54) is 0 Å². The van der Waals surface area contributed by atoms with Gasteiger partial charge in [-0.3, -0.25) is 9.59 Å². The molecule has 2 N–H and O–H groups in total. The molecule has 2 heterocycles. The second-order valence-corrected chi connectivity index (χ2v) is 6.97. The number of fused-ring (bicyclic) bond motifs is 1. The van der Waals surface area contributed by atoms with Crippen LogP contribution in [0.25, 0.3) is 5.65 Å². The van der Waals surface area contributed by atoms with Crippen LogP contribution in [0.2, 0.25) is 0 Å². The highest BCUT2D eigenvalue weighted by Gasteiger charge is 2.08. The Morgan fingerprint density at radius 1 is 1.11 bits per heavy atom. The SMILES string of the molecule is CC(C)CCC(=O)Nc1ccc(C(=O)NCc2ccn3ccnc3c2)cc1. The van der Waals surface area contributed by atoms with Crippen LogP contribution in [0.1, 0.15) is 42.6 Å². The quantitative estimate of drug-likeness (QED) is 0.672. The smallest absolute Gasteiger partial charge is 0.251 e. The molecule has 0 atom stereocenters. The summed E-state index contributed by atoms with van der Waals surface area (Å²) in [7, 11) is 0. The number of hydrogen-bond donors (Lipinski definition) is 2. The summed E-state index contributed by atoms with van der Waals surface area (Å²) in [5.41, 5.74) is 3.08. The van der Waals surface area contributed by atoms with E-state index >= 15 is 0 Å². The van der Waals surface area contributed by atoms with Gasteiger partial charge in [-0.05, 0) is 54.3 Å². The summed E-state index contributed by atoms with van der Waals surface area (Å²) < 4.78 is 1.92. The third-order valence-electron chi connectivity index (χ3n) is 4.29. The highest BCUT2D eigenvalue weighted by molar-refractivity contribution is 5.95. The summed E-state index contributed by atoms with van der Waals surface area (Å²) >= 11 is 0. The third-order valence-corrected chi connectivity index (χ3v) is 4.29. The fourth-order valence-corrected chi connectivity index (χ4v) is 2.69. The van der Waals surface area contributed by atoms with Crippen molar-refractivity contribution in [3.8, 4) is 0 Å². The fourth-order valence-electron chi connectivity index (χ4n) is 2.69. The summed E-state index contributed by atoms with van der Waals surface area (Å²) in [4.78, 5) is 28.4. The van der Waals surface area contributed by atoms with Crippen molar-refractivity contribution in [3.05, 3.63) is 66.1 Å². The highest BCUT2D eigenvalue weighted by atomic mass is 16.2. The first-order valence-corrected chi connectivity index (χ1v) is 9.11. The Hall–Kier alpha value is -3.15. The zero-order valence-electron chi connectivity index (χ0n) is 15.6. The molecule has 140 valence electrons. The Labute approximate surface area is 158 Å². The molecule has 0 unspecified atom stereocenters. The van der Waals surface area contributed by atoms with Gasteiger partial charge in [-0.25, -0.2) is 4.98 Å². The average molecular weight is 364 g/mol. The van der Waals surface area contributed by atoms with Crippen molar-refractivity contribution in [1.82, 2.24) is 14.7 Å². The molecule has 3 rings (SSSR count). The number of anilines is 1. The Kier molecular flexibility index (Phi) is 5.86. The number of nitrogens with zero attached hydrogens (tertiary/aromatic N) is 2. The van der Waals surface area contributed by atoms with Crippen LogP contribution in [0, 0.1) is 5.92 Å². The van der Waals surface area contributed by atoms with E-state index in [1.54, 1.807) is 30.5 Å². The van der Waals surface area contributed by atoms with Crippen LogP contribution < -0.4 is 10.6 Å². The Bertz CT molecular complexity index is 929. The molecule has 0 aliphatic heterocycles. The first-order valence-electron chi connectivity index (χ1n) is 9.11. The molecular weight excluding hydrogens is 340 g/mol. The maximum absolute atomic E-state index is 12.3. The molecule has 1 aromatic carbocycles. The number of carbonyl (C=O) groups excluding carboxylic acids is 2. The Morgan fingerprint density at radius 2 is 1.89 bits per heavy atom. The van der Waals surface area contributed by atoms with E-state index in [-0.39, 0.29) is 11.8 Å². The lowest BCUT2D eigenvalue weighted by Gasteiger charge is -2.09. The molecule has 0 bridgehead atoms. The number of imidazole rings is 1. The number of hydrogen-bond acceptors (Lipinski definition) is 3. The number of aromatic nitrogens is 2. The second-order valence-electron chi connectivity index (χ2n) is 6.97. The van der Waals surface area contributed by atoms with Gasteiger partial charge in [0.25, 0.3) is 5.91 Å². The number of pyridine rings is 1. The molecule has 0 aliphatic carbocycles. The number of rotatable bonds is 7. The van der Waals surface area contributed by atoms with Crippen LogP contribution in [0.3, 0.4) is 0 Å². The molecule has 2 amide bonds. The van der Waals surface area contributed by atoms with Gasteiger partial charge in [-0.2, -0.15) is 0 Å². The van der Waals surface area contributed by atoms with Gasteiger partial charge in [0.05, 0.1) is 0 Å². The van der Waals surface area contributed by atoms with Gasteiger partial charge in [0.15, 0.2) is 0 Å². The topological polar surface area (TPSA) is 75.5 Å². The van der Waals surface area contributed by atoms with Crippen LogP contribution in [-0.2, 0) is 11.3 Å². The number of nitrogens with one attached hydrogen (secondary N) is 2. The van der Waals surface area contributed by atoms with E-state index in [2.05, 4.69) is 29.5 Å². The van der Waals surface area contributed by atoms with Crippen molar-refractivity contribution in [1.29, 1.82) is 0 Å². The number of benzene rings is 1. The lowest BCUT2D eigenvalue weighted by Crippen LogP contribution is -2.22. The minimum absolute atomic E-state index is 0.00437. The predicted octanol–water partition coefficient (Wildman–Crippen LogP) is 3.64. The minimum atomic E-state index is -0.157. The molecule has 6 heteroatoms. The van der Waals surface area contributed by atoms with Crippen molar-refractivity contribution in [2.24, 2.45) is 5.92 Å². The van der Waals surface area contributed by atoms with Crippen molar-refractivity contribution in [2.45, 2.75) is 33.2 Å². The summed E-state index contributed by atoms with van der Waals surface area (Å²) in [6.45, 7) is 4.61. The summed E-state index contributed by atoms with van der Waals surface area (Å²) in [5.74, 6) is 0.335. The van der Waals surface area contributed by atoms with Crippen LogP contribution in [0.4, 0.5) is 5.69 Å². The molecule has 0 saturated carbocycles. The third kappa shape index (κ3) is 5.17. The lowest BCUT2D eigenvalue weighted by atomic mass is 10.1. The zero-order chi connectivity index (χ0) is 19.2. The van der Waals surface area contributed by atoms with Crippen molar-refractivity contribution in [2.75, 3.05) is 5.32 Å². The summed E-state index contributed by atoms with van der Waals surface area (Å²) in [6.07, 6.45) is 6.89. The van der Waals surface area contributed by atoms with Gasteiger partial charge in [0, 0.05) is 42.8 Å². The van der Waals surface area contributed by atoms with Crippen molar-refractivity contribution < 1.29 is 9.59 Å². The minimum Gasteiger partial charge on any atom is -0.348 e. The molecule has 0 spiro atoms. The maximum atomic E-state index is 12.3. The maximum Gasteiger partial charge on any atom is 0.251 e. The Morgan fingerprint density at radius 3 is 2.63 bits per heavy atom. The van der Waals surface area contributed by atoms with Crippen LogP contribution in [-0.4, -0.2) is 21.2 Å². The van der Waals surface area contributed by atoms with Gasteiger partial charge < -0.3 is 15.0 Å².